The molecule has 1 atom stereocenters. The van der Waals surface area contributed by atoms with E-state index < -0.39 is 6.04 Å². The van der Waals surface area contributed by atoms with Crippen molar-refractivity contribution in [1.82, 2.24) is 15.2 Å². The molecule has 0 aliphatic heterocycles. The van der Waals surface area contributed by atoms with Gasteiger partial charge >= 0.3 is 0 Å². The van der Waals surface area contributed by atoms with E-state index in [1.165, 1.54) is 0 Å². The number of aromatic nitrogens is 3. The molecule has 0 saturated heterocycles. The van der Waals surface area contributed by atoms with Crippen molar-refractivity contribution >= 4 is 0 Å². The maximum absolute atomic E-state index is 6.36. The van der Waals surface area contributed by atoms with Crippen LogP contribution in [0.3, 0.4) is 0 Å². The van der Waals surface area contributed by atoms with Crippen molar-refractivity contribution < 1.29 is 14.2 Å². The molecule has 3 aromatic rings. The van der Waals surface area contributed by atoms with E-state index >= 15 is 0 Å². The number of H-pyrrole nitrogens is 1. The molecule has 0 aliphatic rings. The lowest BCUT2D eigenvalue weighted by atomic mass is 10.1. The minimum Gasteiger partial charge on any atom is -0.496 e. The van der Waals surface area contributed by atoms with Crippen molar-refractivity contribution in [1.29, 1.82) is 0 Å². The molecular weight excluding hydrogens is 332 g/mol. The van der Waals surface area contributed by atoms with E-state index in [2.05, 4.69) is 15.2 Å². The van der Waals surface area contributed by atoms with Crippen molar-refractivity contribution in [2.24, 2.45) is 5.73 Å². The van der Waals surface area contributed by atoms with E-state index in [1.54, 1.807) is 14.2 Å². The fraction of sp³-hybridized carbons (Fsp3) is 0.263. The van der Waals surface area contributed by atoms with Gasteiger partial charge < -0.3 is 19.9 Å². The zero-order valence-corrected chi connectivity index (χ0v) is 15.0. The molecule has 26 heavy (non-hydrogen) atoms. The van der Waals surface area contributed by atoms with Gasteiger partial charge in [0.2, 0.25) is 0 Å². The first-order valence-electron chi connectivity index (χ1n) is 8.30. The van der Waals surface area contributed by atoms with Crippen molar-refractivity contribution in [3.8, 4) is 28.6 Å². The highest BCUT2D eigenvalue weighted by Crippen LogP contribution is 2.32. The highest BCUT2D eigenvalue weighted by molar-refractivity contribution is 5.63. The Morgan fingerprint density at radius 2 is 1.81 bits per heavy atom. The second-order valence-corrected chi connectivity index (χ2v) is 5.57. The van der Waals surface area contributed by atoms with Gasteiger partial charge in [0, 0.05) is 0 Å². The van der Waals surface area contributed by atoms with Crippen molar-refractivity contribution in [3.05, 3.63) is 53.9 Å². The number of ether oxygens (including phenoxy) is 3. The number of aromatic amines is 1. The van der Waals surface area contributed by atoms with Gasteiger partial charge in [0.25, 0.3) is 0 Å². The molecule has 0 saturated carbocycles. The number of para-hydroxylation sites is 1. The summed E-state index contributed by atoms with van der Waals surface area (Å²) in [6, 6.07) is 12.7. The number of nitrogens with two attached hydrogens (primary N) is 1. The van der Waals surface area contributed by atoms with E-state index in [9.17, 15) is 0 Å². The minimum atomic E-state index is -0.476. The Morgan fingerprint density at radius 1 is 1.04 bits per heavy atom. The summed E-state index contributed by atoms with van der Waals surface area (Å²) in [6.45, 7) is 2.49. The Balaban J connectivity index is 1.89. The average molecular weight is 354 g/mol. The third-order valence-corrected chi connectivity index (χ3v) is 3.99. The van der Waals surface area contributed by atoms with Gasteiger partial charge in [0.15, 0.2) is 17.3 Å². The van der Waals surface area contributed by atoms with Crippen LogP contribution in [0.15, 0.2) is 42.5 Å². The van der Waals surface area contributed by atoms with Gasteiger partial charge in [-0.05, 0) is 36.8 Å². The number of rotatable bonds is 7. The number of nitrogens with zero attached hydrogens (tertiary/aromatic N) is 2. The first-order chi connectivity index (χ1) is 12.7. The largest absolute Gasteiger partial charge is 0.496 e. The summed E-state index contributed by atoms with van der Waals surface area (Å²) in [5.74, 6) is 3.10. The third-order valence-electron chi connectivity index (χ3n) is 3.99. The Hall–Kier alpha value is -3.06. The lowest BCUT2D eigenvalue weighted by Gasteiger charge is -2.13. The van der Waals surface area contributed by atoms with Crippen LogP contribution in [0, 0.1) is 0 Å². The second kappa shape index (κ2) is 7.88. The molecule has 0 unspecified atom stereocenters. The fourth-order valence-corrected chi connectivity index (χ4v) is 2.67. The van der Waals surface area contributed by atoms with Gasteiger partial charge in [-0.25, -0.2) is 4.98 Å². The summed E-state index contributed by atoms with van der Waals surface area (Å²) in [4.78, 5) is 4.54. The molecule has 0 radical (unpaired) electrons. The standard InChI is InChI=1S/C19H22N4O3/c1-4-26-15-10-9-12(11-16(15)25-3)17(20)19-21-18(22-23-19)13-7-5-6-8-14(13)24-2/h5-11,17H,4,20H2,1-3H3,(H,21,22,23)/t17-/m0/s1. The van der Waals surface area contributed by atoms with Crippen LogP contribution < -0.4 is 19.9 Å². The van der Waals surface area contributed by atoms with Crippen LogP contribution >= 0.6 is 0 Å². The van der Waals surface area contributed by atoms with Crippen LogP contribution in [0.2, 0.25) is 0 Å². The monoisotopic (exact) mass is 354 g/mol. The van der Waals surface area contributed by atoms with Crippen molar-refractivity contribution in [3.63, 3.8) is 0 Å². The summed E-state index contributed by atoms with van der Waals surface area (Å²) in [5.41, 5.74) is 8.01. The molecule has 7 nitrogen and oxygen atoms in total. The highest BCUT2D eigenvalue weighted by atomic mass is 16.5. The van der Waals surface area contributed by atoms with E-state index in [-0.39, 0.29) is 0 Å². The smallest absolute Gasteiger partial charge is 0.184 e. The molecule has 7 heteroatoms. The van der Waals surface area contributed by atoms with E-state index in [0.29, 0.717) is 35.5 Å². The van der Waals surface area contributed by atoms with Gasteiger partial charge in [0.1, 0.15) is 11.6 Å². The number of benzene rings is 2. The first-order valence-corrected chi connectivity index (χ1v) is 8.30. The predicted molar refractivity (Wildman–Crippen MR) is 98.6 cm³/mol. The number of hydrogen-bond acceptors (Lipinski definition) is 6. The Labute approximate surface area is 152 Å². The van der Waals surface area contributed by atoms with Gasteiger partial charge in [0.05, 0.1) is 32.4 Å². The van der Waals surface area contributed by atoms with Crippen molar-refractivity contribution in [2.45, 2.75) is 13.0 Å². The van der Waals surface area contributed by atoms with Gasteiger partial charge in [-0.15, -0.1) is 0 Å². The van der Waals surface area contributed by atoms with Crippen LogP contribution in [0.4, 0.5) is 0 Å². The topological polar surface area (TPSA) is 95.3 Å². The highest BCUT2D eigenvalue weighted by Gasteiger charge is 2.18. The van der Waals surface area contributed by atoms with E-state index in [4.69, 9.17) is 19.9 Å². The Kier molecular flexibility index (Phi) is 5.38. The third kappa shape index (κ3) is 3.48. The molecule has 0 amide bonds. The molecular formula is C19H22N4O3. The zero-order valence-electron chi connectivity index (χ0n) is 15.0. The SMILES string of the molecule is CCOc1ccc([C@H](N)c2nc(-c3ccccc3OC)n[nH]2)cc1OC. The van der Waals surface area contributed by atoms with Crippen molar-refractivity contribution in [2.75, 3.05) is 20.8 Å². The Bertz CT molecular complexity index is 879. The number of methoxy groups -OCH3 is 2. The zero-order chi connectivity index (χ0) is 18.5. The van der Waals surface area contributed by atoms with E-state index in [0.717, 1.165) is 11.1 Å². The predicted octanol–water partition coefficient (Wildman–Crippen LogP) is 2.94. The van der Waals surface area contributed by atoms with Crippen LogP contribution in [-0.2, 0) is 0 Å². The summed E-state index contributed by atoms with van der Waals surface area (Å²) in [6.07, 6.45) is 0. The molecule has 1 aromatic heterocycles. The quantitative estimate of drug-likeness (QED) is 0.677. The molecule has 0 fully saturated rings. The van der Waals surface area contributed by atoms with Gasteiger partial charge in [-0.2, -0.15) is 5.10 Å². The molecule has 0 spiro atoms. The molecule has 3 N–H and O–H groups in total. The molecule has 0 bridgehead atoms. The molecule has 136 valence electrons. The lowest BCUT2D eigenvalue weighted by molar-refractivity contribution is 0.310. The summed E-state index contributed by atoms with van der Waals surface area (Å²) in [5, 5.41) is 7.20. The molecule has 2 aromatic carbocycles. The molecule has 1 heterocycles. The summed E-state index contributed by atoms with van der Waals surface area (Å²) in [7, 11) is 3.21. The maximum Gasteiger partial charge on any atom is 0.184 e. The molecule has 3 rings (SSSR count). The van der Waals surface area contributed by atoms with Gasteiger partial charge in [-0.3, -0.25) is 5.10 Å². The average Bonchev–Trinajstić information content (AvgIpc) is 3.18. The minimum absolute atomic E-state index is 0.476. The lowest BCUT2D eigenvalue weighted by Crippen LogP contribution is -2.14. The van der Waals surface area contributed by atoms with E-state index in [1.807, 2.05) is 49.4 Å². The summed E-state index contributed by atoms with van der Waals surface area (Å²) >= 11 is 0. The van der Waals surface area contributed by atoms with Gasteiger partial charge in [-0.1, -0.05) is 18.2 Å². The number of hydrogen-bond donors (Lipinski definition) is 2. The fourth-order valence-electron chi connectivity index (χ4n) is 2.67. The maximum atomic E-state index is 6.36. The normalized spacial score (nSPS) is 11.8. The van der Waals surface area contributed by atoms with Crippen LogP contribution in [0.25, 0.3) is 11.4 Å². The first kappa shape index (κ1) is 17.8. The summed E-state index contributed by atoms with van der Waals surface area (Å²) < 4.78 is 16.3. The second-order valence-electron chi connectivity index (χ2n) is 5.57. The Morgan fingerprint density at radius 3 is 2.54 bits per heavy atom. The van der Waals surface area contributed by atoms with Crippen LogP contribution in [-0.4, -0.2) is 36.0 Å². The molecule has 0 aliphatic carbocycles. The van der Waals surface area contributed by atoms with Crippen LogP contribution in [0.1, 0.15) is 24.4 Å². The van der Waals surface area contributed by atoms with Crippen LogP contribution in [0.5, 0.6) is 17.2 Å². The number of nitrogens with one attached hydrogen (secondary N) is 1.